The number of aliphatic hydroxyl groups is 2. The van der Waals surface area contributed by atoms with Crippen LogP contribution >= 0.6 is 28.6 Å². The van der Waals surface area contributed by atoms with Gasteiger partial charge in [-0.2, -0.15) is 0 Å². The quantitative estimate of drug-likeness (QED) is 0.619. The van der Waals surface area contributed by atoms with Gasteiger partial charge in [0.2, 0.25) is 0 Å². The number of ether oxygens (including phenoxy) is 1. The van der Waals surface area contributed by atoms with E-state index in [2.05, 4.69) is 9.51 Å². The standard InChI is InChI=1S/C11H15Cl2N2O7P/c1-2-15-3-5(10(18)14-11(15)19)9-8(17)7(16)6(22-9)4-21-23(12,13)20/h3,6-9,16-17H,2,4H2,1H3,(H,14,18,19)/t6-,7?,8+,9+/m1/s1. The van der Waals surface area contributed by atoms with Crippen molar-refractivity contribution in [1.82, 2.24) is 9.55 Å². The van der Waals surface area contributed by atoms with Crippen molar-refractivity contribution in [3.8, 4) is 0 Å². The Labute approximate surface area is 139 Å². The van der Waals surface area contributed by atoms with Crippen LogP contribution in [-0.4, -0.2) is 44.7 Å². The molecule has 130 valence electrons. The van der Waals surface area contributed by atoms with Crippen molar-refractivity contribution in [3.05, 3.63) is 32.6 Å². The lowest BCUT2D eigenvalue weighted by Crippen LogP contribution is -2.36. The second-order valence-electron chi connectivity index (χ2n) is 4.92. The van der Waals surface area contributed by atoms with Gasteiger partial charge in [0.05, 0.1) is 12.2 Å². The zero-order chi connectivity index (χ0) is 17.4. The summed E-state index contributed by atoms with van der Waals surface area (Å²) in [7, 11) is 0. The number of aliphatic hydroxyl groups excluding tert-OH is 2. The smallest absolute Gasteiger partial charge is 0.380 e. The maximum absolute atomic E-state index is 11.9. The van der Waals surface area contributed by atoms with E-state index < -0.39 is 48.3 Å². The van der Waals surface area contributed by atoms with Gasteiger partial charge >= 0.3 is 11.8 Å². The molecule has 4 atom stereocenters. The average molecular weight is 389 g/mol. The van der Waals surface area contributed by atoms with Crippen molar-refractivity contribution in [2.24, 2.45) is 0 Å². The number of aromatic nitrogens is 2. The second-order valence-corrected chi connectivity index (χ2v) is 9.19. The summed E-state index contributed by atoms with van der Waals surface area (Å²) in [6.45, 7) is 1.55. The van der Waals surface area contributed by atoms with Gasteiger partial charge in [-0.15, -0.1) is 0 Å². The number of aryl methyl sites for hydroxylation is 1. The molecule has 2 rings (SSSR count). The fraction of sp³-hybridized carbons (Fsp3) is 0.636. The summed E-state index contributed by atoms with van der Waals surface area (Å²) >= 11 is 10.5. The summed E-state index contributed by atoms with van der Waals surface area (Å²) in [5.74, 6) is 0. The fourth-order valence-electron chi connectivity index (χ4n) is 2.27. The molecular weight excluding hydrogens is 374 g/mol. The van der Waals surface area contributed by atoms with Gasteiger partial charge in [-0.25, -0.2) is 4.79 Å². The number of halogens is 2. The zero-order valence-electron chi connectivity index (χ0n) is 11.9. The summed E-state index contributed by atoms with van der Waals surface area (Å²) in [5, 5.41) is 20.0. The topological polar surface area (TPSA) is 131 Å². The van der Waals surface area contributed by atoms with E-state index >= 15 is 0 Å². The number of hydrogen-bond donors (Lipinski definition) is 3. The van der Waals surface area contributed by atoms with E-state index in [9.17, 15) is 24.4 Å². The number of nitrogens with zero attached hydrogens (tertiary/aromatic N) is 1. The van der Waals surface area contributed by atoms with Gasteiger partial charge < -0.3 is 24.0 Å². The van der Waals surface area contributed by atoms with Crippen LogP contribution in [0.15, 0.2) is 15.8 Å². The van der Waals surface area contributed by atoms with Crippen LogP contribution in [0, 0.1) is 0 Å². The Bertz CT molecular complexity index is 730. The van der Waals surface area contributed by atoms with Crippen LogP contribution in [0.25, 0.3) is 0 Å². The number of H-pyrrole nitrogens is 1. The van der Waals surface area contributed by atoms with Gasteiger partial charge in [0.15, 0.2) is 0 Å². The summed E-state index contributed by atoms with van der Waals surface area (Å²) in [5.41, 5.74) is -1.36. The predicted molar refractivity (Wildman–Crippen MR) is 81.9 cm³/mol. The van der Waals surface area contributed by atoms with E-state index in [1.807, 2.05) is 0 Å². The van der Waals surface area contributed by atoms with E-state index in [0.29, 0.717) is 6.54 Å². The molecule has 1 aromatic rings. The van der Waals surface area contributed by atoms with Crippen LogP contribution in [0.4, 0.5) is 0 Å². The molecule has 0 amide bonds. The molecule has 1 aliphatic heterocycles. The maximum atomic E-state index is 11.9. The highest BCUT2D eigenvalue weighted by molar-refractivity contribution is 8.05. The molecule has 23 heavy (non-hydrogen) atoms. The third kappa shape index (κ3) is 4.24. The summed E-state index contributed by atoms with van der Waals surface area (Å²) in [6, 6.07) is 0. The number of hydrogen-bond acceptors (Lipinski definition) is 7. The zero-order valence-corrected chi connectivity index (χ0v) is 14.3. The third-order valence-corrected chi connectivity index (χ3v) is 4.47. The number of aromatic amines is 1. The third-order valence-electron chi connectivity index (χ3n) is 3.44. The maximum Gasteiger partial charge on any atom is 0.380 e. The van der Waals surface area contributed by atoms with E-state index in [1.165, 1.54) is 10.8 Å². The molecule has 1 fully saturated rings. The van der Waals surface area contributed by atoms with Gasteiger partial charge in [-0.3, -0.25) is 14.3 Å². The first-order valence-corrected chi connectivity index (χ1v) is 10.1. The minimum atomic E-state index is -3.83. The van der Waals surface area contributed by atoms with Crippen molar-refractivity contribution in [2.45, 2.75) is 37.9 Å². The highest BCUT2D eigenvalue weighted by atomic mass is 35.9. The Morgan fingerprint density at radius 3 is 2.61 bits per heavy atom. The molecule has 1 saturated heterocycles. The first-order valence-electron chi connectivity index (χ1n) is 6.63. The largest absolute Gasteiger partial charge is 0.387 e. The molecule has 0 aromatic carbocycles. The van der Waals surface area contributed by atoms with E-state index in [1.54, 1.807) is 6.92 Å². The van der Waals surface area contributed by atoms with Gasteiger partial charge in [0, 0.05) is 12.7 Å². The lowest BCUT2D eigenvalue weighted by atomic mass is 10.0. The molecule has 0 spiro atoms. The average Bonchev–Trinajstić information content (AvgIpc) is 2.73. The predicted octanol–water partition coefficient (Wildman–Crippen LogP) is 0.320. The number of nitrogens with one attached hydrogen (secondary N) is 1. The van der Waals surface area contributed by atoms with Crippen LogP contribution in [0.1, 0.15) is 18.6 Å². The molecule has 0 aliphatic carbocycles. The minimum Gasteiger partial charge on any atom is -0.387 e. The molecule has 3 N–H and O–H groups in total. The Morgan fingerprint density at radius 1 is 1.39 bits per heavy atom. The van der Waals surface area contributed by atoms with Crippen LogP contribution in [-0.2, 0) is 20.4 Å². The Balaban J connectivity index is 2.26. The van der Waals surface area contributed by atoms with Crippen molar-refractivity contribution in [2.75, 3.05) is 6.61 Å². The summed E-state index contributed by atoms with van der Waals surface area (Å²) < 4.78 is 22.4. The molecule has 1 aliphatic rings. The van der Waals surface area contributed by atoms with Gasteiger partial charge in [-0.1, -0.05) is 0 Å². The molecule has 1 unspecified atom stereocenters. The molecule has 1 aromatic heterocycles. The van der Waals surface area contributed by atoms with Crippen LogP contribution in [0.3, 0.4) is 0 Å². The van der Waals surface area contributed by atoms with Gasteiger partial charge in [-0.05, 0) is 29.4 Å². The Hall–Kier alpha value is -0.670. The molecule has 0 radical (unpaired) electrons. The highest BCUT2D eigenvalue weighted by Gasteiger charge is 2.45. The van der Waals surface area contributed by atoms with Crippen LogP contribution < -0.4 is 11.2 Å². The first kappa shape index (κ1) is 18.7. The monoisotopic (exact) mass is 388 g/mol. The van der Waals surface area contributed by atoms with E-state index in [-0.39, 0.29) is 5.56 Å². The summed E-state index contributed by atoms with van der Waals surface area (Å²) in [4.78, 5) is 25.5. The van der Waals surface area contributed by atoms with Crippen molar-refractivity contribution in [3.63, 3.8) is 0 Å². The van der Waals surface area contributed by atoms with E-state index in [0.717, 1.165) is 0 Å². The second kappa shape index (κ2) is 7.06. The summed E-state index contributed by atoms with van der Waals surface area (Å²) in [6.07, 6.45) is -7.72. The van der Waals surface area contributed by atoms with Gasteiger partial charge in [0.1, 0.15) is 24.4 Å². The lowest BCUT2D eigenvalue weighted by molar-refractivity contribution is -0.0159. The van der Waals surface area contributed by atoms with Crippen molar-refractivity contribution < 1.29 is 24.0 Å². The molecule has 2 heterocycles. The highest BCUT2D eigenvalue weighted by Crippen LogP contribution is 2.57. The lowest BCUT2D eigenvalue weighted by Gasteiger charge is -2.15. The van der Waals surface area contributed by atoms with Crippen LogP contribution in [0.5, 0.6) is 0 Å². The SMILES string of the molecule is CCn1cc([C@@H]2O[C@H](COP(=O)(Cl)Cl)C(O)[C@@H]2O)c(=O)[nH]c1=O. The van der Waals surface area contributed by atoms with Crippen molar-refractivity contribution in [1.29, 1.82) is 0 Å². The molecule has 12 heteroatoms. The normalized spacial score (nSPS) is 28.2. The van der Waals surface area contributed by atoms with Gasteiger partial charge in [0.25, 0.3) is 5.56 Å². The number of rotatable bonds is 5. The Kier molecular flexibility index (Phi) is 5.73. The Morgan fingerprint density at radius 2 is 2.04 bits per heavy atom. The van der Waals surface area contributed by atoms with E-state index in [4.69, 9.17) is 27.2 Å². The molecule has 0 bridgehead atoms. The van der Waals surface area contributed by atoms with Crippen molar-refractivity contribution >= 4 is 28.6 Å². The van der Waals surface area contributed by atoms with Crippen LogP contribution in [0.2, 0.25) is 0 Å². The minimum absolute atomic E-state index is 0.0274. The first-order chi connectivity index (χ1) is 10.6. The molecule has 9 nitrogen and oxygen atoms in total. The molecular formula is C11H15Cl2N2O7P. The molecule has 0 saturated carbocycles. The fourth-order valence-corrected chi connectivity index (χ4v) is 2.93.